The molecule has 1 saturated carbocycles. The molecule has 4 nitrogen and oxygen atoms in total. The number of hydrogen-bond donors (Lipinski definition) is 2. The monoisotopic (exact) mass is 271 g/mol. The van der Waals surface area contributed by atoms with E-state index in [-0.39, 0.29) is 11.3 Å². The van der Waals surface area contributed by atoms with Crippen molar-refractivity contribution in [2.24, 2.45) is 11.1 Å². The molecule has 0 atom stereocenters. The molecule has 1 amide bonds. The lowest BCUT2D eigenvalue weighted by Gasteiger charge is -2.35. The summed E-state index contributed by atoms with van der Waals surface area (Å²) in [6.07, 6.45) is 6.04. The molecule has 0 heterocycles. The maximum atomic E-state index is 12.2. The van der Waals surface area contributed by atoms with Crippen LogP contribution in [0.1, 0.15) is 44.1 Å². The van der Waals surface area contributed by atoms with Crippen LogP contribution in [-0.2, 0) is 4.79 Å². The molecule has 2 rings (SSSR count). The van der Waals surface area contributed by atoms with Gasteiger partial charge < -0.3 is 11.1 Å². The van der Waals surface area contributed by atoms with Crippen molar-refractivity contribution in [1.29, 1.82) is 5.26 Å². The summed E-state index contributed by atoms with van der Waals surface area (Å²) in [5.74, 6) is -0.0416. The van der Waals surface area contributed by atoms with Gasteiger partial charge >= 0.3 is 0 Å². The highest BCUT2D eigenvalue weighted by atomic mass is 16.1. The second-order valence-corrected chi connectivity index (χ2v) is 5.65. The number of nitriles is 1. The molecule has 0 unspecified atom stereocenters. The van der Waals surface area contributed by atoms with Gasteiger partial charge in [0.2, 0.25) is 5.91 Å². The Kier molecular flexibility index (Phi) is 4.75. The zero-order chi connectivity index (χ0) is 14.4. The maximum Gasteiger partial charge on any atom is 0.225 e. The van der Waals surface area contributed by atoms with Crippen LogP contribution in [-0.4, -0.2) is 12.5 Å². The third-order valence-electron chi connectivity index (χ3n) is 4.20. The molecule has 0 bridgehead atoms. The van der Waals surface area contributed by atoms with E-state index in [0.717, 1.165) is 25.7 Å². The molecule has 20 heavy (non-hydrogen) atoms. The molecule has 0 saturated heterocycles. The molecule has 3 N–H and O–H groups in total. The number of nitrogens with two attached hydrogens (primary N) is 1. The first-order valence-electron chi connectivity index (χ1n) is 7.18. The molecule has 4 heteroatoms. The van der Waals surface area contributed by atoms with Gasteiger partial charge in [0, 0.05) is 6.42 Å². The van der Waals surface area contributed by atoms with E-state index in [1.807, 2.05) is 6.07 Å². The average Bonchev–Trinajstić information content (AvgIpc) is 2.48. The van der Waals surface area contributed by atoms with Crippen molar-refractivity contribution < 1.29 is 4.79 Å². The summed E-state index contributed by atoms with van der Waals surface area (Å²) in [5, 5.41) is 11.9. The van der Waals surface area contributed by atoms with Gasteiger partial charge in [0.1, 0.15) is 6.07 Å². The van der Waals surface area contributed by atoms with E-state index in [0.29, 0.717) is 24.2 Å². The van der Waals surface area contributed by atoms with Crippen molar-refractivity contribution in [3.8, 4) is 6.07 Å². The van der Waals surface area contributed by atoms with Crippen molar-refractivity contribution in [3.05, 3.63) is 29.8 Å². The Labute approximate surface area is 120 Å². The third kappa shape index (κ3) is 3.37. The number of benzene rings is 1. The first kappa shape index (κ1) is 14.5. The fraction of sp³-hybridized carbons (Fsp3) is 0.500. The fourth-order valence-corrected chi connectivity index (χ4v) is 2.98. The highest BCUT2D eigenvalue weighted by Crippen LogP contribution is 2.38. The molecule has 1 aliphatic carbocycles. The van der Waals surface area contributed by atoms with Crippen molar-refractivity contribution in [2.45, 2.75) is 38.5 Å². The number of nitrogens with one attached hydrogen (secondary N) is 1. The second-order valence-electron chi connectivity index (χ2n) is 5.65. The van der Waals surface area contributed by atoms with Gasteiger partial charge in [-0.15, -0.1) is 0 Å². The maximum absolute atomic E-state index is 12.2. The van der Waals surface area contributed by atoms with Crippen LogP contribution in [0.15, 0.2) is 24.3 Å². The van der Waals surface area contributed by atoms with E-state index < -0.39 is 0 Å². The lowest BCUT2D eigenvalue weighted by Crippen LogP contribution is -2.36. The Bertz CT molecular complexity index is 513. The highest BCUT2D eigenvalue weighted by molar-refractivity contribution is 5.92. The van der Waals surface area contributed by atoms with E-state index in [1.54, 1.807) is 18.2 Å². The fourth-order valence-electron chi connectivity index (χ4n) is 2.98. The minimum atomic E-state index is -0.0517. The Morgan fingerprint density at radius 3 is 2.65 bits per heavy atom. The Hall–Kier alpha value is -1.86. The summed E-state index contributed by atoms with van der Waals surface area (Å²) in [6.45, 7) is 0.556. The Morgan fingerprint density at radius 2 is 2.00 bits per heavy atom. The van der Waals surface area contributed by atoms with Crippen molar-refractivity contribution in [3.63, 3.8) is 0 Å². The number of nitrogens with zero attached hydrogens (tertiary/aromatic N) is 1. The van der Waals surface area contributed by atoms with Gasteiger partial charge in [-0.3, -0.25) is 4.79 Å². The second kappa shape index (κ2) is 6.53. The average molecular weight is 271 g/mol. The molecule has 0 radical (unpaired) electrons. The minimum Gasteiger partial charge on any atom is -0.330 e. The van der Waals surface area contributed by atoms with Crippen molar-refractivity contribution in [1.82, 2.24) is 0 Å². The summed E-state index contributed by atoms with van der Waals surface area (Å²) >= 11 is 0. The summed E-state index contributed by atoms with van der Waals surface area (Å²) in [5.41, 5.74) is 6.93. The van der Waals surface area contributed by atoms with Crippen LogP contribution >= 0.6 is 0 Å². The van der Waals surface area contributed by atoms with Gasteiger partial charge in [0.05, 0.1) is 11.3 Å². The van der Waals surface area contributed by atoms with Crippen LogP contribution in [0.2, 0.25) is 0 Å². The van der Waals surface area contributed by atoms with Crippen LogP contribution in [0.5, 0.6) is 0 Å². The zero-order valence-corrected chi connectivity index (χ0v) is 11.7. The lowest BCUT2D eigenvalue weighted by molar-refractivity contribution is -0.118. The first-order chi connectivity index (χ1) is 9.69. The predicted molar refractivity (Wildman–Crippen MR) is 79.0 cm³/mol. The Balaban J connectivity index is 2.03. The molecule has 106 valence electrons. The SMILES string of the molecule is N#Cc1ccccc1NC(=O)CC1(CN)CCCCC1. The molecular weight excluding hydrogens is 250 g/mol. The van der Waals surface area contributed by atoms with Crippen LogP contribution in [0, 0.1) is 16.7 Å². The molecule has 1 aliphatic rings. The van der Waals surface area contributed by atoms with Gasteiger partial charge in [-0.25, -0.2) is 0 Å². The van der Waals surface area contributed by atoms with Crippen molar-refractivity contribution in [2.75, 3.05) is 11.9 Å². The number of amides is 1. The molecule has 0 aliphatic heterocycles. The number of hydrogen-bond acceptors (Lipinski definition) is 3. The normalized spacial score (nSPS) is 17.2. The van der Waals surface area contributed by atoms with E-state index in [2.05, 4.69) is 11.4 Å². The largest absolute Gasteiger partial charge is 0.330 e. The molecule has 0 aromatic heterocycles. The third-order valence-corrected chi connectivity index (χ3v) is 4.20. The van der Waals surface area contributed by atoms with Crippen LogP contribution < -0.4 is 11.1 Å². The summed E-state index contributed by atoms with van der Waals surface area (Å²) in [7, 11) is 0. The first-order valence-corrected chi connectivity index (χ1v) is 7.18. The van der Waals surface area contributed by atoms with Gasteiger partial charge in [-0.2, -0.15) is 5.26 Å². The molecule has 1 aromatic carbocycles. The van der Waals surface area contributed by atoms with E-state index >= 15 is 0 Å². The van der Waals surface area contributed by atoms with E-state index in [9.17, 15) is 4.79 Å². The van der Waals surface area contributed by atoms with Gasteiger partial charge in [0.25, 0.3) is 0 Å². The predicted octanol–water partition coefficient (Wildman–Crippen LogP) is 2.80. The lowest BCUT2D eigenvalue weighted by atomic mass is 9.71. The standard InChI is InChI=1S/C16H21N3O/c17-11-13-6-2-3-7-14(13)19-15(20)10-16(12-18)8-4-1-5-9-16/h2-3,6-7H,1,4-5,8-10,12,18H2,(H,19,20). The molecule has 0 spiro atoms. The summed E-state index contributed by atoms with van der Waals surface area (Å²) < 4.78 is 0. The number of anilines is 1. The molecular formula is C16H21N3O. The minimum absolute atomic E-state index is 0.0416. The number of carbonyl (C=O) groups is 1. The summed E-state index contributed by atoms with van der Waals surface area (Å²) in [6, 6.07) is 9.15. The smallest absolute Gasteiger partial charge is 0.225 e. The van der Waals surface area contributed by atoms with Gasteiger partial charge in [-0.05, 0) is 36.9 Å². The number of carbonyl (C=O) groups excluding carboxylic acids is 1. The zero-order valence-electron chi connectivity index (χ0n) is 11.7. The summed E-state index contributed by atoms with van der Waals surface area (Å²) in [4.78, 5) is 12.2. The Morgan fingerprint density at radius 1 is 1.30 bits per heavy atom. The molecule has 1 aromatic rings. The number of rotatable bonds is 4. The molecule has 1 fully saturated rings. The quantitative estimate of drug-likeness (QED) is 0.883. The van der Waals surface area contributed by atoms with Gasteiger partial charge in [-0.1, -0.05) is 31.4 Å². The topological polar surface area (TPSA) is 78.9 Å². The van der Waals surface area contributed by atoms with E-state index in [4.69, 9.17) is 11.0 Å². The van der Waals surface area contributed by atoms with Crippen molar-refractivity contribution >= 4 is 11.6 Å². The highest BCUT2D eigenvalue weighted by Gasteiger charge is 2.33. The van der Waals surface area contributed by atoms with Gasteiger partial charge in [0.15, 0.2) is 0 Å². The van der Waals surface area contributed by atoms with Crippen LogP contribution in [0.25, 0.3) is 0 Å². The van der Waals surface area contributed by atoms with E-state index in [1.165, 1.54) is 6.42 Å². The van der Waals surface area contributed by atoms with Crippen LogP contribution in [0.3, 0.4) is 0 Å². The number of para-hydroxylation sites is 1. The van der Waals surface area contributed by atoms with Crippen LogP contribution in [0.4, 0.5) is 5.69 Å².